The molecule has 0 spiro atoms. The third-order valence-electron chi connectivity index (χ3n) is 8.10. The lowest BCUT2D eigenvalue weighted by molar-refractivity contribution is -0.704. The summed E-state index contributed by atoms with van der Waals surface area (Å²) in [7, 11) is 0. The molecule has 1 rings (SSSR count). The average molecular weight is 504 g/mol. The van der Waals surface area contributed by atoms with Gasteiger partial charge in [0.1, 0.15) is 12.4 Å². The van der Waals surface area contributed by atoms with Crippen LogP contribution in [0.2, 0.25) is 0 Å². The number of hydrogen-bond donors (Lipinski definition) is 0. The van der Waals surface area contributed by atoms with Crippen LogP contribution in [0.4, 0.5) is 0 Å². The highest BCUT2D eigenvalue weighted by molar-refractivity contribution is 4.84. The Bertz CT molecular complexity index is 562. The van der Waals surface area contributed by atoms with E-state index in [0.717, 1.165) is 0 Å². The molecule has 1 aromatic heterocycles. The van der Waals surface area contributed by atoms with E-state index in [1.165, 1.54) is 180 Å². The van der Waals surface area contributed by atoms with Gasteiger partial charge < -0.3 is 0 Å². The van der Waals surface area contributed by atoms with E-state index in [2.05, 4.69) is 42.3 Å². The molecule has 0 aliphatic carbocycles. The Hall–Kier alpha value is -0.790. The highest BCUT2D eigenvalue weighted by Crippen LogP contribution is 2.14. The van der Waals surface area contributed by atoms with E-state index < -0.39 is 0 Å². The Morgan fingerprint density at radius 3 is 1.33 bits per heavy atom. The van der Waals surface area contributed by atoms with E-state index in [0.29, 0.717) is 0 Å². The fourth-order valence-corrected chi connectivity index (χ4v) is 5.62. The molecule has 212 valence electrons. The van der Waals surface area contributed by atoms with Crippen molar-refractivity contribution in [1.82, 2.24) is 4.57 Å². The summed E-state index contributed by atoms with van der Waals surface area (Å²) in [6, 6.07) is 0. The van der Waals surface area contributed by atoms with Gasteiger partial charge in [0.15, 0.2) is 0 Å². The van der Waals surface area contributed by atoms with E-state index in [4.69, 9.17) is 0 Å². The number of aromatic nitrogens is 2. The van der Waals surface area contributed by atoms with Crippen molar-refractivity contribution in [3.05, 3.63) is 18.2 Å². The highest BCUT2D eigenvalue weighted by atomic mass is 15.1. The van der Waals surface area contributed by atoms with Gasteiger partial charge in [-0.2, -0.15) is 0 Å². The quantitative estimate of drug-likeness (QED) is 0.0794. The van der Waals surface area contributed by atoms with Gasteiger partial charge in [-0.1, -0.05) is 149 Å². The molecule has 1 heterocycles. The second-order valence-electron chi connectivity index (χ2n) is 11.6. The number of nitrogens with zero attached hydrogens (tertiary/aromatic N) is 2. The van der Waals surface area contributed by atoms with Gasteiger partial charge in [-0.15, -0.1) is 0 Å². The minimum absolute atomic E-state index is 1.23. The first-order chi connectivity index (χ1) is 17.8. The first-order valence-corrected chi connectivity index (χ1v) is 16.9. The number of aryl methyl sites for hydroxylation is 2. The molecule has 36 heavy (non-hydrogen) atoms. The molecule has 2 nitrogen and oxygen atoms in total. The monoisotopic (exact) mass is 504 g/mol. The van der Waals surface area contributed by atoms with Crippen LogP contribution < -0.4 is 4.57 Å². The number of imidazole rings is 1. The highest BCUT2D eigenvalue weighted by Gasteiger charge is 2.16. The summed E-state index contributed by atoms with van der Waals surface area (Å²) in [6.45, 7) is 9.39. The molecule has 0 atom stereocenters. The second kappa shape index (κ2) is 25.8. The third kappa shape index (κ3) is 18.5. The molecule has 0 amide bonds. The fraction of sp³-hybridized carbons (Fsp3) is 0.912. The molecule has 2 heteroatoms. The van der Waals surface area contributed by atoms with E-state index in [1.54, 1.807) is 5.82 Å². The molecule has 1 aromatic rings. The first-order valence-electron chi connectivity index (χ1n) is 16.9. The summed E-state index contributed by atoms with van der Waals surface area (Å²) in [5, 5.41) is 0. The van der Waals surface area contributed by atoms with Crippen LogP contribution >= 0.6 is 0 Å². The molecule has 0 bridgehead atoms. The van der Waals surface area contributed by atoms with E-state index in [-0.39, 0.29) is 0 Å². The first kappa shape index (κ1) is 33.2. The van der Waals surface area contributed by atoms with Crippen molar-refractivity contribution in [1.29, 1.82) is 0 Å². The minimum Gasteiger partial charge on any atom is -0.234 e. The van der Waals surface area contributed by atoms with Crippen molar-refractivity contribution < 1.29 is 4.57 Å². The maximum Gasteiger partial charge on any atom is 0.256 e. The minimum atomic E-state index is 1.23. The summed E-state index contributed by atoms with van der Waals surface area (Å²) >= 11 is 0. The molecule has 0 saturated heterocycles. The van der Waals surface area contributed by atoms with E-state index in [1.807, 2.05) is 0 Å². The van der Waals surface area contributed by atoms with Crippen molar-refractivity contribution in [2.24, 2.45) is 0 Å². The van der Waals surface area contributed by atoms with E-state index >= 15 is 0 Å². The van der Waals surface area contributed by atoms with Crippen molar-refractivity contribution in [3.8, 4) is 0 Å². The molecular weight excluding hydrogens is 436 g/mol. The van der Waals surface area contributed by atoms with Crippen LogP contribution in [0.15, 0.2) is 12.4 Å². The van der Waals surface area contributed by atoms with Gasteiger partial charge >= 0.3 is 0 Å². The van der Waals surface area contributed by atoms with Crippen molar-refractivity contribution in [3.63, 3.8) is 0 Å². The Morgan fingerprint density at radius 1 is 0.472 bits per heavy atom. The van der Waals surface area contributed by atoms with Crippen molar-refractivity contribution >= 4 is 0 Å². The lowest BCUT2D eigenvalue weighted by atomic mass is 10.1. The van der Waals surface area contributed by atoms with E-state index in [9.17, 15) is 0 Å². The number of rotatable bonds is 28. The van der Waals surface area contributed by atoms with Crippen LogP contribution in [-0.4, -0.2) is 4.57 Å². The van der Waals surface area contributed by atoms with Gasteiger partial charge in [0.05, 0.1) is 13.1 Å². The lowest BCUT2D eigenvalue weighted by Gasteiger charge is -2.07. The Morgan fingerprint density at radius 2 is 0.861 bits per heavy atom. The molecule has 0 aliphatic heterocycles. The van der Waals surface area contributed by atoms with Crippen LogP contribution in [0.5, 0.6) is 0 Å². The number of unbranched alkanes of at least 4 members (excludes halogenated alkanes) is 22. The molecule has 0 unspecified atom stereocenters. The predicted molar refractivity (Wildman–Crippen MR) is 161 cm³/mol. The standard InChI is InChI=1S/C34H67N2/c1-4-7-10-12-14-16-18-19-21-23-25-28-31-36-33-32-35(34(36)29-26-9-6-3)30-27-24-22-20-17-15-13-11-8-5-2/h32-33H,4-31H2,1-3H3/q+1. The zero-order chi connectivity index (χ0) is 25.9. The van der Waals surface area contributed by atoms with Gasteiger partial charge in [0, 0.05) is 6.42 Å². The predicted octanol–water partition coefficient (Wildman–Crippen LogP) is 11.1. The van der Waals surface area contributed by atoms with Crippen LogP contribution in [0.3, 0.4) is 0 Å². The summed E-state index contributed by atoms with van der Waals surface area (Å²) in [4.78, 5) is 0. The lowest BCUT2D eigenvalue weighted by Crippen LogP contribution is -2.37. The van der Waals surface area contributed by atoms with Crippen LogP contribution in [0.1, 0.15) is 187 Å². The topological polar surface area (TPSA) is 8.81 Å². The summed E-state index contributed by atoms with van der Waals surface area (Å²) < 4.78 is 5.20. The van der Waals surface area contributed by atoms with Gasteiger partial charge in [-0.05, 0) is 32.1 Å². The molecule has 0 aromatic carbocycles. The smallest absolute Gasteiger partial charge is 0.234 e. The van der Waals surface area contributed by atoms with Crippen LogP contribution in [0, 0.1) is 0 Å². The zero-order valence-corrected chi connectivity index (χ0v) is 25.3. The summed E-state index contributed by atoms with van der Waals surface area (Å²) in [6.07, 6.45) is 41.5. The number of hydrogen-bond acceptors (Lipinski definition) is 0. The second-order valence-corrected chi connectivity index (χ2v) is 11.6. The molecule has 0 radical (unpaired) electrons. The zero-order valence-electron chi connectivity index (χ0n) is 25.3. The van der Waals surface area contributed by atoms with Crippen LogP contribution in [-0.2, 0) is 19.5 Å². The molecular formula is C34H67N2+. The Labute approximate surface area is 228 Å². The van der Waals surface area contributed by atoms with Gasteiger partial charge in [0.25, 0.3) is 5.82 Å². The molecule has 0 N–H and O–H groups in total. The van der Waals surface area contributed by atoms with Crippen LogP contribution in [0.25, 0.3) is 0 Å². The van der Waals surface area contributed by atoms with Crippen molar-refractivity contribution in [2.45, 2.75) is 201 Å². The van der Waals surface area contributed by atoms with Gasteiger partial charge in [-0.25, -0.2) is 9.13 Å². The SMILES string of the molecule is CCCCCCCCCCCCCC[n+]1ccn(CCCCCCCCCCCC)c1CCCCC. The third-order valence-corrected chi connectivity index (χ3v) is 8.10. The fourth-order valence-electron chi connectivity index (χ4n) is 5.62. The summed E-state index contributed by atoms with van der Waals surface area (Å²) in [5.74, 6) is 1.60. The normalized spacial score (nSPS) is 11.5. The molecule has 0 saturated carbocycles. The Kier molecular flexibility index (Phi) is 23.9. The maximum atomic E-state index is 2.60. The Balaban J connectivity index is 2.19. The summed E-state index contributed by atoms with van der Waals surface area (Å²) in [5.41, 5.74) is 0. The average Bonchev–Trinajstić information content (AvgIpc) is 3.27. The van der Waals surface area contributed by atoms with Gasteiger partial charge in [-0.3, -0.25) is 0 Å². The largest absolute Gasteiger partial charge is 0.256 e. The van der Waals surface area contributed by atoms with Crippen molar-refractivity contribution in [2.75, 3.05) is 0 Å². The molecule has 0 fully saturated rings. The molecule has 0 aliphatic rings. The maximum absolute atomic E-state index is 2.60. The van der Waals surface area contributed by atoms with Gasteiger partial charge in [0.2, 0.25) is 0 Å².